The quantitative estimate of drug-likeness (QED) is 0.735. The first kappa shape index (κ1) is 11.7. The Labute approximate surface area is 98.9 Å². The molecule has 2 unspecified atom stereocenters. The molecule has 0 saturated carbocycles. The number of carbonyl (C=O) groups is 1. The van der Waals surface area contributed by atoms with Gasteiger partial charge in [-0.15, -0.1) is 0 Å². The third-order valence-corrected chi connectivity index (χ3v) is 2.82. The molecule has 0 bridgehead atoms. The van der Waals surface area contributed by atoms with Crippen molar-refractivity contribution in [3.63, 3.8) is 0 Å². The summed E-state index contributed by atoms with van der Waals surface area (Å²) in [4.78, 5) is 15.2. The van der Waals surface area contributed by atoms with Gasteiger partial charge in [-0.3, -0.25) is 15.1 Å². The number of likely N-dealkylation sites (N-methyl/N-ethyl adjacent to an activating group) is 1. The molecule has 2 N–H and O–H groups in total. The maximum absolute atomic E-state index is 14.5. The molecular weight excluding hydrogens is 221 g/mol. The average Bonchev–Trinajstić information content (AvgIpc) is 2.40. The van der Waals surface area contributed by atoms with Gasteiger partial charge in [0.05, 0.1) is 0 Å². The predicted octanol–water partition coefficient (Wildman–Crippen LogP) is 0.520. The van der Waals surface area contributed by atoms with Crippen LogP contribution in [0.4, 0.5) is 4.39 Å². The number of nitrogens with one attached hydrogen (secondary N) is 2. The lowest BCUT2D eigenvalue weighted by Crippen LogP contribution is -2.49. The second-order valence-corrected chi connectivity index (χ2v) is 3.93. The normalized spacial score (nSPS) is 27.8. The van der Waals surface area contributed by atoms with Gasteiger partial charge in [0.1, 0.15) is 6.04 Å². The SMILES string of the molecule is CNC(=O)C1C=CC(F)(c2ccncc2)CN1. The summed E-state index contributed by atoms with van der Waals surface area (Å²) in [6.07, 6.45) is 6.08. The molecule has 2 heterocycles. The van der Waals surface area contributed by atoms with Crippen molar-refractivity contribution in [2.75, 3.05) is 13.6 Å². The molecule has 1 aliphatic rings. The maximum Gasteiger partial charge on any atom is 0.240 e. The molecule has 0 saturated heterocycles. The molecule has 1 amide bonds. The molecule has 1 aromatic rings. The van der Waals surface area contributed by atoms with Crippen molar-refractivity contribution in [2.45, 2.75) is 11.7 Å². The number of halogens is 1. The summed E-state index contributed by atoms with van der Waals surface area (Å²) in [7, 11) is 1.55. The van der Waals surface area contributed by atoms with E-state index < -0.39 is 11.7 Å². The zero-order valence-corrected chi connectivity index (χ0v) is 9.48. The molecule has 5 heteroatoms. The van der Waals surface area contributed by atoms with Crippen LogP contribution in [0.3, 0.4) is 0 Å². The number of carbonyl (C=O) groups excluding carboxylic acids is 1. The van der Waals surface area contributed by atoms with E-state index in [0.29, 0.717) is 5.56 Å². The number of amides is 1. The van der Waals surface area contributed by atoms with Crippen molar-refractivity contribution in [1.29, 1.82) is 0 Å². The Morgan fingerprint density at radius 2 is 2.29 bits per heavy atom. The molecule has 0 fully saturated rings. The van der Waals surface area contributed by atoms with Crippen LogP contribution in [-0.4, -0.2) is 30.5 Å². The summed E-state index contributed by atoms with van der Waals surface area (Å²) in [6.45, 7) is 0.0750. The van der Waals surface area contributed by atoms with Gasteiger partial charge >= 0.3 is 0 Å². The first-order valence-electron chi connectivity index (χ1n) is 5.39. The average molecular weight is 235 g/mol. The van der Waals surface area contributed by atoms with Gasteiger partial charge in [-0.1, -0.05) is 6.08 Å². The van der Waals surface area contributed by atoms with Crippen molar-refractivity contribution >= 4 is 5.91 Å². The Balaban J connectivity index is 2.19. The first-order chi connectivity index (χ1) is 8.15. The Hall–Kier alpha value is -1.75. The number of alkyl halides is 1. The van der Waals surface area contributed by atoms with E-state index in [1.807, 2.05) is 0 Å². The van der Waals surface area contributed by atoms with Crippen LogP contribution in [0.5, 0.6) is 0 Å². The highest BCUT2D eigenvalue weighted by Gasteiger charge is 2.34. The van der Waals surface area contributed by atoms with Crippen molar-refractivity contribution in [2.24, 2.45) is 0 Å². The van der Waals surface area contributed by atoms with E-state index in [2.05, 4.69) is 15.6 Å². The van der Waals surface area contributed by atoms with Crippen LogP contribution in [0.1, 0.15) is 5.56 Å². The highest BCUT2D eigenvalue weighted by molar-refractivity contribution is 5.83. The van der Waals surface area contributed by atoms with Crippen molar-refractivity contribution in [3.8, 4) is 0 Å². The minimum Gasteiger partial charge on any atom is -0.358 e. The topological polar surface area (TPSA) is 54.0 Å². The lowest BCUT2D eigenvalue weighted by Gasteiger charge is -2.29. The minimum absolute atomic E-state index is 0.0750. The molecule has 2 rings (SSSR count). The van der Waals surface area contributed by atoms with Crippen LogP contribution >= 0.6 is 0 Å². The summed E-state index contributed by atoms with van der Waals surface area (Å²) in [6, 6.07) is 2.80. The standard InChI is InChI=1S/C12H14FN3O/c1-14-11(17)10-2-5-12(13,8-16-10)9-3-6-15-7-4-9/h2-7,10,16H,8H2,1H3,(H,14,17). The summed E-state index contributed by atoms with van der Waals surface area (Å²) < 4.78 is 14.5. The molecule has 1 aliphatic heterocycles. The highest BCUT2D eigenvalue weighted by Crippen LogP contribution is 2.29. The summed E-state index contributed by atoms with van der Waals surface area (Å²) in [5, 5.41) is 5.38. The highest BCUT2D eigenvalue weighted by atomic mass is 19.1. The lowest BCUT2D eigenvalue weighted by molar-refractivity contribution is -0.121. The van der Waals surface area contributed by atoms with Crippen LogP contribution < -0.4 is 10.6 Å². The molecular formula is C12H14FN3O. The van der Waals surface area contributed by atoms with Crippen molar-refractivity contribution in [1.82, 2.24) is 15.6 Å². The van der Waals surface area contributed by atoms with E-state index in [9.17, 15) is 9.18 Å². The molecule has 2 atom stereocenters. The molecule has 0 spiro atoms. The van der Waals surface area contributed by atoms with Crippen molar-refractivity contribution in [3.05, 3.63) is 42.2 Å². The van der Waals surface area contributed by atoms with Gasteiger partial charge in [0.25, 0.3) is 0 Å². The third-order valence-electron chi connectivity index (χ3n) is 2.82. The predicted molar refractivity (Wildman–Crippen MR) is 62.0 cm³/mol. The van der Waals surface area contributed by atoms with E-state index in [-0.39, 0.29) is 12.5 Å². The fourth-order valence-electron chi connectivity index (χ4n) is 1.80. The molecule has 0 radical (unpaired) electrons. The largest absolute Gasteiger partial charge is 0.358 e. The minimum atomic E-state index is -1.58. The van der Waals surface area contributed by atoms with Crippen LogP contribution in [0.15, 0.2) is 36.7 Å². The third kappa shape index (κ3) is 2.34. The number of aromatic nitrogens is 1. The molecule has 4 nitrogen and oxygen atoms in total. The van der Waals surface area contributed by atoms with Gasteiger partial charge in [0.15, 0.2) is 5.67 Å². The van der Waals surface area contributed by atoms with Crippen LogP contribution in [0, 0.1) is 0 Å². The Kier molecular flexibility index (Phi) is 3.19. The zero-order chi connectivity index (χ0) is 12.3. The summed E-state index contributed by atoms with van der Waals surface area (Å²) >= 11 is 0. The molecule has 0 aromatic carbocycles. The number of hydrogen-bond donors (Lipinski definition) is 2. The summed E-state index contributed by atoms with van der Waals surface area (Å²) in [5.41, 5.74) is -1.04. The zero-order valence-electron chi connectivity index (χ0n) is 9.48. The Morgan fingerprint density at radius 1 is 1.59 bits per heavy atom. The van der Waals surface area contributed by atoms with Crippen LogP contribution in [0.25, 0.3) is 0 Å². The van der Waals surface area contributed by atoms with Gasteiger partial charge in [-0.05, 0) is 23.8 Å². The van der Waals surface area contributed by atoms with Crippen LogP contribution in [-0.2, 0) is 10.5 Å². The smallest absolute Gasteiger partial charge is 0.240 e. The van der Waals surface area contributed by atoms with E-state index in [0.717, 1.165) is 0 Å². The molecule has 90 valence electrons. The fourth-order valence-corrected chi connectivity index (χ4v) is 1.80. The number of hydrogen-bond acceptors (Lipinski definition) is 3. The fraction of sp³-hybridized carbons (Fsp3) is 0.333. The maximum atomic E-state index is 14.5. The number of pyridine rings is 1. The second-order valence-electron chi connectivity index (χ2n) is 3.93. The van der Waals surface area contributed by atoms with Gasteiger partial charge in [-0.25, -0.2) is 4.39 Å². The molecule has 0 aliphatic carbocycles. The lowest BCUT2D eigenvalue weighted by atomic mass is 9.92. The second kappa shape index (κ2) is 4.63. The summed E-state index contributed by atoms with van der Waals surface area (Å²) in [5.74, 6) is -0.168. The molecule has 1 aromatic heterocycles. The van der Waals surface area contributed by atoms with Crippen molar-refractivity contribution < 1.29 is 9.18 Å². The van der Waals surface area contributed by atoms with E-state index in [4.69, 9.17) is 0 Å². The number of nitrogens with zero attached hydrogens (tertiary/aromatic N) is 1. The van der Waals surface area contributed by atoms with E-state index in [1.54, 1.807) is 37.7 Å². The number of rotatable bonds is 2. The van der Waals surface area contributed by atoms with Crippen LogP contribution in [0.2, 0.25) is 0 Å². The monoisotopic (exact) mass is 235 g/mol. The van der Waals surface area contributed by atoms with Gasteiger partial charge < -0.3 is 5.32 Å². The molecule has 17 heavy (non-hydrogen) atoms. The van der Waals surface area contributed by atoms with Gasteiger partial charge in [0, 0.05) is 26.0 Å². The van der Waals surface area contributed by atoms with E-state index in [1.165, 1.54) is 6.08 Å². The van der Waals surface area contributed by atoms with Gasteiger partial charge in [0.2, 0.25) is 5.91 Å². The van der Waals surface area contributed by atoms with Gasteiger partial charge in [-0.2, -0.15) is 0 Å². The first-order valence-corrected chi connectivity index (χ1v) is 5.39. The Bertz CT molecular complexity index is 435. The Morgan fingerprint density at radius 3 is 2.82 bits per heavy atom. The van der Waals surface area contributed by atoms with E-state index >= 15 is 0 Å².